The molecule has 0 aromatic heterocycles. The lowest BCUT2D eigenvalue weighted by atomic mass is 9.93. The number of amides is 1. The summed E-state index contributed by atoms with van der Waals surface area (Å²) in [6, 6.07) is 0. The first-order chi connectivity index (χ1) is 9.18. The van der Waals surface area contributed by atoms with Gasteiger partial charge in [-0.3, -0.25) is 9.59 Å². The Bertz CT molecular complexity index is 276. The zero-order valence-corrected chi connectivity index (χ0v) is 11.6. The van der Waals surface area contributed by atoms with E-state index in [0.717, 1.165) is 32.4 Å². The first-order valence-electron chi connectivity index (χ1n) is 7.37. The number of unbranched alkanes of at least 4 members (excludes halogenated alkanes) is 2. The predicted molar refractivity (Wildman–Crippen MR) is 73.9 cm³/mol. The standard InChI is InChI=1S/C14H26N2O3/c17-13(6-5-12-7-10-15-11-8-12)16-9-3-1-2-4-14(18)19/h12,15H,1-11H2,(H,16,17)(H,18,19). The van der Waals surface area contributed by atoms with Gasteiger partial charge in [0.15, 0.2) is 0 Å². The second-order valence-corrected chi connectivity index (χ2v) is 5.29. The number of hydrogen-bond acceptors (Lipinski definition) is 3. The van der Waals surface area contributed by atoms with Crippen LogP contribution in [-0.4, -0.2) is 36.6 Å². The molecule has 5 heteroatoms. The Balaban J connectivity index is 1.91. The van der Waals surface area contributed by atoms with Gasteiger partial charge in [-0.1, -0.05) is 6.42 Å². The Labute approximate surface area is 115 Å². The number of nitrogens with one attached hydrogen (secondary N) is 2. The smallest absolute Gasteiger partial charge is 0.303 e. The third-order valence-corrected chi connectivity index (χ3v) is 3.63. The second kappa shape index (κ2) is 9.78. The molecule has 3 N–H and O–H groups in total. The molecular weight excluding hydrogens is 244 g/mol. The highest BCUT2D eigenvalue weighted by Gasteiger charge is 2.14. The molecular formula is C14H26N2O3. The zero-order valence-electron chi connectivity index (χ0n) is 11.6. The van der Waals surface area contributed by atoms with E-state index in [-0.39, 0.29) is 12.3 Å². The number of carboxylic acid groups (broad SMARTS) is 1. The number of rotatable bonds is 9. The number of carboxylic acids is 1. The summed E-state index contributed by atoms with van der Waals surface area (Å²) < 4.78 is 0. The molecule has 1 heterocycles. The molecule has 110 valence electrons. The minimum atomic E-state index is -0.744. The number of hydrogen-bond donors (Lipinski definition) is 3. The van der Waals surface area contributed by atoms with Crippen molar-refractivity contribution in [3.8, 4) is 0 Å². The minimum Gasteiger partial charge on any atom is -0.481 e. The highest BCUT2D eigenvalue weighted by molar-refractivity contribution is 5.75. The van der Waals surface area contributed by atoms with Crippen LogP contribution in [-0.2, 0) is 9.59 Å². The minimum absolute atomic E-state index is 0.136. The highest BCUT2D eigenvalue weighted by atomic mass is 16.4. The van der Waals surface area contributed by atoms with Crippen molar-refractivity contribution in [2.45, 2.75) is 51.4 Å². The van der Waals surface area contributed by atoms with E-state index in [2.05, 4.69) is 10.6 Å². The molecule has 1 aliphatic heterocycles. The molecule has 0 bridgehead atoms. The van der Waals surface area contributed by atoms with Crippen LogP contribution in [0, 0.1) is 5.92 Å². The van der Waals surface area contributed by atoms with Gasteiger partial charge in [-0.25, -0.2) is 0 Å². The van der Waals surface area contributed by atoms with Gasteiger partial charge in [0, 0.05) is 19.4 Å². The van der Waals surface area contributed by atoms with Crippen molar-refractivity contribution in [1.82, 2.24) is 10.6 Å². The Morgan fingerprint density at radius 3 is 2.53 bits per heavy atom. The van der Waals surface area contributed by atoms with Crippen LogP contribution in [0.1, 0.15) is 51.4 Å². The molecule has 1 fully saturated rings. The van der Waals surface area contributed by atoms with E-state index in [1.54, 1.807) is 0 Å². The zero-order chi connectivity index (χ0) is 13.9. The fourth-order valence-electron chi connectivity index (χ4n) is 2.40. The van der Waals surface area contributed by atoms with Crippen molar-refractivity contribution in [2.75, 3.05) is 19.6 Å². The molecule has 1 rings (SSSR count). The highest BCUT2D eigenvalue weighted by Crippen LogP contribution is 2.17. The quantitative estimate of drug-likeness (QED) is 0.555. The molecule has 0 spiro atoms. The van der Waals surface area contributed by atoms with Crippen molar-refractivity contribution in [3.05, 3.63) is 0 Å². The first kappa shape index (κ1) is 16.0. The van der Waals surface area contributed by atoms with E-state index in [1.807, 2.05) is 0 Å². The third kappa shape index (κ3) is 8.59. The van der Waals surface area contributed by atoms with Crippen molar-refractivity contribution in [3.63, 3.8) is 0 Å². The topological polar surface area (TPSA) is 78.4 Å². The Kier molecular flexibility index (Phi) is 8.21. The summed E-state index contributed by atoms with van der Waals surface area (Å²) in [4.78, 5) is 21.9. The van der Waals surface area contributed by atoms with Crippen molar-refractivity contribution >= 4 is 11.9 Å². The molecule has 0 aromatic carbocycles. The van der Waals surface area contributed by atoms with Crippen LogP contribution in [0.2, 0.25) is 0 Å². The summed E-state index contributed by atoms with van der Waals surface area (Å²) >= 11 is 0. The van der Waals surface area contributed by atoms with E-state index in [1.165, 1.54) is 12.8 Å². The van der Waals surface area contributed by atoms with Gasteiger partial charge < -0.3 is 15.7 Å². The van der Waals surface area contributed by atoms with Crippen molar-refractivity contribution in [2.24, 2.45) is 5.92 Å². The lowest BCUT2D eigenvalue weighted by Gasteiger charge is -2.22. The molecule has 0 atom stereocenters. The molecule has 0 aromatic rings. The van der Waals surface area contributed by atoms with Crippen molar-refractivity contribution in [1.29, 1.82) is 0 Å². The number of aliphatic carboxylic acids is 1. The van der Waals surface area contributed by atoms with E-state index < -0.39 is 5.97 Å². The van der Waals surface area contributed by atoms with Crippen LogP contribution in [0.5, 0.6) is 0 Å². The molecule has 1 aliphatic rings. The van der Waals surface area contributed by atoms with Gasteiger partial charge in [0.2, 0.25) is 5.91 Å². The summed E-state index contributed by atoms with van der Waals surface area (Å²) in [5.41, 5.74) is 0. The maximum Gasteiger partial charge on any atom is 0.303 e. The molecule has 5 nitrogen and oxygen atoms in total. The maximum absolute atomic E-state index is 11.6. The predicted octanol–water partition coefficient (Wildman–Crippen LogP) is 1.53. The SMILES string of the molecule is O=C(O)CCCCCNC(=O)CCC1CCNCC1. The van der Waals surface area contributed by atoms with Crippen LogP contribution < -0.4 is 10.6 Å². The third-order valence-electron chi connectivity index (χ3n) is 3.63. The number of piperidine rings is 1. The summed E-state index contributed by atoms with van der Waals surface area (Å²) in [6.07, 6.45) is 6.63. The molecule has 0 aliphatic carbocycles. The van der Waals surface area contributed by atoms with Gasteiger partial charge in [0.05, 0.1) is 0 Å². The fourth-order valence-corrected chi connectivity index (χ4v) is 2.40. The van der Waals surface area contributed by atoms with Gasteiger partial charge in [-0.05, 0) is 51.1 Å². The van der Waals surface area contributed by atoms with Crippen LogP contribution in [0.3, 0.4) is 0 Å². The summed E-state index contributed by atoms with van der Waals surface area (Å²) in [5, 5.41) is 14.7. The van der Waals surface area contributed by atoms with Gasteiger partial charge in [-0.2, -0.15) is 0 Å². The van der Waals surface area contributed by atoms with E-state index in [9.17, 15) is 9.59 Å². The Morgan fingerprint density at radius 2 is 1.84 bits per heavy atom. The molecule has 0 radical (unpaired) electrons. The van der Waals surface area contributed by atoms with Gasteiger partial charge in [0.1, 0.15) is 0 Å². The van der Waals surface area contributed by atoms with Crippen molar-refractivity contribution < 1.29 is 14.7 Å². The molecule has 19 heavy (non-hydrogen) atoms. The summed E-state index contributed by atoms with van der Waals surface area (Å²) in [7, 11) is 0. The molecule has 1 saturated heterocycles. The average molecular weight is 270 g/mol. The summed E-state index contributed by atoms with van der Waals surface area (Å²) in [5.74, 6) is 0.0883. The van der Waals surface area contributed by atoms with E-state index >= 15 is 0 Å². The van der Waals surface area contributed by atoms with Crippen LogP contribution in [0.4, 0.5) is 0 Å². The van der Waals surface area contributed by atoms with Gasteiger partial charge in [-0.15, -0.1) is 0 Å². The van der Waals surface area contributed by atoms with Gasteiger partial charge >= 0.3 is 5.97 Å². The molecule has 0 saturated carbocycles. The van der Waals surface area contributed by atoms with E-state index in [4.69, 9.17) is 5.11 Å². The van der Waals surface area contributed by atoms with Crippen LogP contribution >= 0.6 is 0 Å². The summed E-state index contributed by atoms with van der Waals surface area (Å²) in [6.45, 7) is 2.83. The van der Waals surface area contributed by atoms with Gasteiger partial charge in [0.25, 0.3) is 0 Å². The molecule has 1 amide bonds. The molecule has 0 unspecified atom stereocenters. The van der Waals surface area contributed by atoms with E-state index in [0.29, 0.717) is 25.3 Å². The monoisotopic (exact) mass is 270 g/mol. The first-order valence-corrected chi connectivity index (χ1v) is 7.37. The number of carbonyl (C=O) groups is 2. The lowest BCUT2D eigenvalue weighted by Crippen LogP contribution is -2.29. The maximum atomic E-state index is 11.6. The Morgan fingerprint density at radius 1 is 1.11 bits per heavy atom. The van der Waals surface area contributed by atoms with Crippen LogP contribution in [0.25, 0.3) is 0 Å². The lowest BCUT2D eigenvalue weighted by molar-refractivity contribution is -0.137. The second-order valence-electron chi connectivity index (χ2n) is 5.29. The van der Waals surface area contributed by atoms with Crippen LogP contribution in [0.15, 0.2) is 0 Å². The normalized spacial score (nSPS) is 16.2. The average Bonchev–Trinajstić information content (AvgIpc) is 2.41. The number of carbonyl (C=O) groups excluding carboxylic acids is 1. The Hall–Kier alpha value is -1.10. The largest absolute Gasteiger partial charge is 0.481 e. The fraction of sp³-hybridized carbons (Fsp3) is 0.857.